The maximum absolute atomic E-state index is 12.9. The number of aromatic nitrogens is 1. The van der Waals surface area contributed by atoms with Crippen molar-refractivity contribution in [1.82, 2.24) is 4.98 Å². The van der Waals surface area contributed by atoms with E-state index in [1.807, 2.05) is 24.3 Å². The Morgan fingerprint density at radius 1 is 1.27 bits per heavy atom. The highest BCUT2D eigenvalue weighted by Gasteiger charge is 2.28. The maximum atomic E-state index is 12.9. The molecule has 1 N–H and O–H groups in total. The van der Waals surface area contributed by atoms with Crippen molar-refractivity contribution < 1.29 is 19.1 Å². The van der Waals surface area contributed by atoms with Gasteiger partial charge in [0.2, 0.25) is 5.91 Å². The number of nitrogens with one attached hydrogen (secondary N) is 1. The van der Waals surface area contributed by atoms with Gasteiger partial charge in [-0.2, -0.15) is 0 Å². The lowest BCUT2D eigenvalue weighted by Crippen LogP contribution is -2.36. The average Bonchev–Trinajstić information content (AvgIpc) is 2.96. The molecule has 0 saturated heterocycles. The lowest BCUT2D eigenvalue weighted by Gasteiger charge is -2.29. The predicted molar refractivity (Wildman–Crippen MR) is 100 cm³/mol. The summed E-state index contributed by atoms with van der Waals surface area (Å²) in [6.45, 7) is 3.71. The van der Waals surface area contributed by atoms with Crippen molar-refractivity contribution in [3.8, 4) is 0 Å². The van der Waals surface area contributed by atoms with Gasteiger partial charge in [-0.1, -0.05) is 12.1 Å². The summed E-state index contributed by atoms with van der Waals surface area (Å²) in [5.41, 5.74) is 2.42. The van der Waals surface area contributed by atoms with Crippen molar-refractivity contribution in [1.29, 1.82) is 0 Å². The molecule has 1 amide bonds. The summed E-state index contributed by atoms with van der Waals surface area (Å²) in [6, 6.07) is 7.76. The number of rotatable bonds is 4. The molecule has 7 heteroatoms. The lowest BCUT2D eigenvalue weighted by atomic mass is 10.1. The average molecular weight is 372 g/mol. The number of H-pyrrole nitrogens is 1. The molecule has 0 fully saturated rings. The first-order valence-electron chi connectivity index (χ1n) is 8.27. The van der Waals surface area contributed by atoms with E-state index >= 15 is 0 Å². The van der Waals surface area contributed by atoms with Crippen LogP contribution in [0.25, 0.3) is 0 Å². The van der Waals surface area contributed by atoms with Crippen LogP contribution in [-0.2, 0) is 16.0 Å². The molecule has 136 valence electrons. The van der Waals surface area contributed by atoms with E-state index in [9.17, 15) is 14.4 Å². The minimum absolute atomic E-state index is 0.00243. The number of anilines is 1. The van der Waals surface area contributed by atoms with Crippen molar-refractivity contribution in [3.05, 3.63) is 46.8 Å². The first kappa shape index (κ1) is 18.3. The molecule has 1 aliphatic rings. The second kappa shape index (κ2) is 7.37. The van der Waals surface area contributed by atoms with E-state index in [2.05, 4.69) is 4.98 Å². The number of amides is 1. The van der Waals surface area contributed by atoms with Crippen LogP contribution in [0.5, 0.6) is 0 Å². The number of carbonyl (C=O) groups excluding carboxylic acids is 3. The number of thioether (sulfide) groups is 1. The Balaban J connectivity index is 1.94. The van der Waals surface area contributed by atoms with Gasteiger partial charge < -0.3 is 14.6 Å². The van der Waals surface area contributed by atoms with Crippen LogP contribution in [0.4, 0.5) is 5.69 Å². The summed E-state index contributed by atoms with van der Waals surface area (Å²) in [5, 5.41) is 0. The lowest BCUT2D eigenvalue weighted by molar-refractivity contribution is -0.118. The number of benzene rings is 1. The van der Waals surface area contributed by atoms with Gasteiger partial charge in [0.05, 0.1) is 30.5 Å². The number of esters is 1. The summed E-state index contributed by atoms with van der Waals surface area (Å²) in [7, 11) is 1.28. The van der Waals surface area contributed by atoms with Crippen molar-refractivity contribution >= 4 is 35.1 Å². The maximum Gasteiger partial charge on any atom is 0.339 e. The van der Waals surface area contributed by atoms with E-state index in [-0.39, 0.29) is 23.7 Å². The van der Waals surface area contributed by atoms with E-state index in [1.165, 1.54) is 14.0 Å². The van der Waals surface area contributed by atoms with Gasteiger partial charge in [0.25, 0.3) is 0 Å². The molecule has 6 nitrogen and oxygen atoms in total. The second-order valence-electron chi connectivity index (χ2n) is 6.06. The highest BCUT2D eigenvalue weighted by molar-refractivity contribution is 7.99. The SMILES string of the molecule is COC(=O)c1c(CC(=O)N2CCSc3ccccc32)[nH]c(C(C)=O)c1C. The van der Waals surface area contributed by atoms with Crippen LogP contribution in [-0.4, -0.2) is 42.1 Å². The Morgan fingerprint density at radius 2 is 2.00 bits per heavy atom. The van der Waals surface area contributed by atoms with Crippen molar-refractivity contribution in [3.63, 3.8) is 0 Å². The fraction of sp³-hybridized carbons (Fsp3) is 0.316. The summed E-state index contributed by atoms with van der Waals surface area (Å²) in [6.07, 6.45) is -0.00243. The number of carbonyl (C=O) groups is 3. The van der Waals surface area contributed by atoms with Crippen LogP contribution in [0.2, 0.25) is 0 Å². The van der Waals surface area contributed by atoms with Crippen LogP contribution < -0.4 is 4.90 Å². The highest BCUT2D eigenvalue weighted by atomic mass is 32.2. The first-order chi connectivity index (χ1) is 12.4. The van der Waals surface area contributed by atoms with E-state index < -0.39 is 5.97 Å². The molecule has 0 bridgehead atoms. The molecule has 0 atom stereocenters. The van der Waals surface area contributed by atoms with Gasteiger partial charge in [0.15, 0.2) is 5.78 Å². The van der Waals surface area contributed by atoms with E-state index in [1.54, 1.807) is 23.6 Å². The van der Waals surface area contributed by atoms with Crippen molar-refractivity contribution in [2.75, 3.05) is 24.3 Å². The van der Waals surface area contributed by atoms with Gasteiger partial charge in [-0.25, -0.2) is 4.79 Å². The van der Waals surface area contributed by atoms with Gasteiger partial charge in [-0.15, -0.1) is 11.8 Å². The summed E-state index contributed by atoms with van der Waals surface area (Å²) in [5.74, 6) is -0.0521. The van der Waals surface area contributed by atoms with E-state index in [0.717, 1.165) is 16.3 Å². The molecule has 1 aliphatic heterocycles. The van der Waals surface area contributed by atoms with Crippen molar-refractivity contribution in [2.45, 2.75) is 25.2 Å². The predicted octanol–water partition coefficient (Wildman–Crippen LogP) is 2.99. The van der Waals surface area contributed by atoms with Gasteiger partial charge in [-0.05, 0) is 24.6 Å². The van der Waals surface area contributed by atoms with Gasteiger partial charge >= 0.3 is 5.97 Å². The molecular formula is C19H20N2O4S. The topological polar surface area (TPSA) is 79.5 Å². The number of Topliss-reactive ketones (excluding diaryl/α,β-unsaturated/α-hetero) is 1. The molecule has 0 radical (unpaired) electrons. The highest BCUT2D eigenvalue weighted by Crippen LogP contribution is 2.34. The normalized spacial score (nSPS) is 13.3. The zero-order chi connectivity index (χ0) is 18.8. The molecule has 0 aliphatic carbocycles. The number of hydrogen-bond donors (Lipinski definition) is 1. The number of methoxy groups -OCH3 is 1. The molecule has 3 rings (SSSR count). The van der Waals surface area contributed by atoms with Crippen LogP contribution in [0.1, 0.15) is 39.0 Å². The zero-order valence-corrected chi connectivity index (χ0v) is 15.7. The minimum Gasteiger partial charge on any atom is -0.465 e. The summed E-state index contributed by atoms with van der Waals surface area (Å²) >= 11 is 1.72. The number of ketones is 1. The Labute approximate surface area is 155 Å². The third-order valence-corrected chi connectivity index (χ3v) is 5.47. The Kier molecular flexibility index (Phi) is 5.18. The number of hydrogen-bond acceptors (Lipinski definition) is 5. The molecule has 2 heterocycles. The van der Waals surface area contributed by atoms with E-state index in [0.29, 0.717) is 23.5 Å². The molecule has 0 saturated carbocycles. The van der Waals surface area contributed by atoms with Gasteiger partial charge in [0.1, 0.15) is 0 Å². The quantitative estimate of drug-likeness (QED) is 0.659. The molecule has 2 aromatic rings. The molecule has 1 aromatic carbocycles. The molecular weight excluding hydrogens is 352 g/mol. The third-order valence-electron chi connectivity index (χ3n) is 4.43. The van der Waals surface area contributed by atoms with Crippen molar-refractivity contribution in [2.24, 2.45) is 0 Å². The largest absolute Gasteiger partial charge is 0.465 e. The van der Waals surface area contributed by atoms with Crippen LogP contribution in [0, 0.1) is 6.92 Å². The zero-order valence-electron chi connectivity index (χ0n) is 14.9. The molecule has 26 heavy (non-hydrogen) atoms. The number of para-hydroxylation sites is 1. The monoisotopic (exact) mass is 372 g/mol. The van der Waals surface area contributed by atoms with Crippen LogP contribution in [0.15, 0.2) is 29.2 Å². The third kappa shape index (κ3) is 3.26. The number of ether oxygens (including phenoxy) is 1. The Bertz CT molecular complexity index is 888. The summed E-state index contributed by atoms with van der Waals surface area (Å²) < 4.78 is 4.84. The van der Waals surface area contributed by atoms with Gasteiger partial charge in [0, 0.05) is 29.8 Å². The molecule has 1 aromatic heterocycles. The van der Waals surface area contributed by atoms with E-state index in [4.69, 9.17) is 4.74 Å². The van der Waals surface area contributed by atoms with Crippen LogP contribution >= 0.6 is 11.8 Å². The Morgan fingerprint density at radius 3 is 2.69 bits per heavy atom. The number of nitrogens with zero attached hydrogens (tertiary/aromatic N) is 1. The number of fused-ring (bicyclic) bond motifs is 1. The Hall–Kier alpha value is -2.54. The minimum atomic E-state index is -0.552. The smallest absolute Gasteiger partial charge is 0.339 e. The summed E-state index contributed by atoms with van der Waals surface area (Å²) in [4.78, 5) is 42.7. The standard InChI is InChI=1S/C19H20N2O4S/c1-11-17(19(24)25-3)13(20-18(11)12(2)22)10-16(23)21-8-9-26-15-7-5-4-6-14(15)21/h4-7,20H,8-10H2,1-3H3. The fourth-order valence-corrected chi connectivity index (χ4v) is 4.19. The first-order valence-corrected chi connectivity index (χ1v) is 9.25. The number of aromatic amines is 1. The van der Waals surface area contributed by atoms with Crippen LogP contribution in [0.3, 0.4) is 0 Å². The van der Waals surface area contributed by atoms with Gasteiger partial charge in [-0.3, -0.25) is 9.59 Å². The second-order valence-corrected chi connectivity index (χ2v) is 7.20. The molecule has 0 unspecified atom stereocenters. The molecule has 0 spiro atoms. The fourth-order valence-electron chi connectivity index (χ4n) is 3.20.